The lowest BCUT2D eigenvalue weighted by Gasteiger charge is -2.16. The van der Waals surface area contributed by atoms with Crippen molar-refractivity contribution in [1.29, 1.82) is 0 Å². The second kappa shape index (κ2) is 4.44. The molecule has 98 valence electrons. The Kier molecular flexibility index (Phi) is 2.76. The molecule has 0 spiro atoms. The summed E-state index contributed by atoms with van der Waals surface area (Å²) in [5.41, 5.74) is 10.5. The molecule has 0 aliphatic carbocycles. The lowest BCUT2D eigenvalue weighted by atomic mass is 10.0. The van der Waals surface area contributed by atoms with Gasteiger partial charge in [-0.15, -0.1) is 0 Å². The van der Waals surface area contributed by atoms with Crippen LogP contribution in [0.3, 0.4) is 0 Å². The van der Waals surface area contributed by atoms with Crippen LogP contribution >= 0.6 is 0 Å². The molecule has 1 aromatic carbocycles. The molecule has 2 aromatic rings. The van der Waals surface area contributed by atoms with Crippen LogP contribution in [0.1, 0.15) is 11.7 Å². The van der Waals surface area contributed by atoms with Crippen molar-refractivity contribution in [3.63, 3.8) is 0 Å². The van der Waals surface area contributed by atoms with Gasteiger partial charge >= 0.3 is 0 Å². The zero-order chi connectivity index (χ0) is 13.4. The SMILES string of the molecule is CNc1ccc(-c2cn(C)c3c2C(N)N=CN3)cc1. The predicted molar refractivity (Wildman–Crippen MR) is 79.4 cm³/mol. The molecule has 0 amide bonds. The molecule has 5 heteroatoms. The minimum absolute atomic E-state index is 0.309. The summed E-state index contributed by atoms with van der Waals surface area (Å²) in [6, 6.07) is 8.29. The summed E-state index contributed by atoms with van der Waals surface area (Å²) in [7, 11) is 3.91. The zero-order valence-corrected chi connectivity index (χ0v) is 11.0. The number of aryl methyl sites for hydroxylation is 1. The first-order valence-electron chi connectivity index (χ1n) is 6.22. The Morgan fingerprint density at radius 3 is 2.74 bits per heavy atom. The molecule has 1 aromatic heterocycles. The number of fused-ring (bicyclic) bond motifs is 1. The van der Waals surface area contributed by atoms with Gasteiger partial charge in [-0.1, -0.05) is 12.1 Å². The molecule has 0 bridgehead atoms. The summed E-state index contributed by atoms with van der Waals surface area (Å²) in [4.78, 5) is 4.22. The molecule has 1 unspecified atom stereocenters. The number of hydrogen-bond donors (Lipinski definition) is 3. The van der Waals surface area contributed by atoms with Crippen LogP contribution in [0.4, 0.5) is 11.5 Å². The highest BCUT2D eigenvalue weighted by Gasteiger charge is 2.22. The first kappa shape index (κ1) is 11.8. The molecule has 3 rings (SSSR count). The molecule has 5 nitrogen and oxygen atoms in total. The van der Waals surface area contributed by atoms with Crippen LogP contribution in [0.2, 0.25) is 0 Å². The number of hydrogen-bond acceptors (Lipinski definition) is 4. The van der Waals surface area contributed by atoms with E-state index in [0.29, 0.717) is 0 Å². The van der Waals surface area contributed by atoms with Crippen LogP contribution in [0.15, 0.2) is 35.5 Å². The molecule has 0 saturated heterocycles. The van der Waals surface area contributed by atoms with Gasteiger partial charge in [-0.3, -0.25) is 4.99 Å². The van der Waals surface area contributed by atoms with Gasteiger partial charge in [0.25, 0.3) is 0 Å². The lowest BCUT2D eigenvalue weighted by Crippen LogP contribution is -2.17. The van der Waals surface area contributed by atoms with E-state index in [9.17, 15) is 0 Å². The van der Waals surface area contributed by atoms with E-state index in [0.717, 1.165) is 28.2 Å². The number of nitrogens with two attached hydrogens (primary N) is 1. The van der Waals surface area contributed by atoms with Crippen molar-refractivity contribution in [2.24, 2.45) is 17.8 Å². The van der Waals surface area contributed by atoms with Crippen molar-refractivity contribution >= 4 is 17.8 Å². The Morgan fingerprint density at radius 2 is 2.05 bits per heavy atom. The predicted octanol–water partition coefficient (Wildman–Crippen LogP) is 2.14. The van der Waals surface area contributed by atoms with E-state index < -0.39 is 0 Å². The van der Waals surface area contributed by atoms with Crippen molar-refractivity contribution in [3.05, 3.63) is 36.0 Å². The van der Waals surface area contributed by atoms with E-state index in [1.807, 2.05) is 18.7 Å². The van der Waals surface area contributed by atoms with Crippen LogP contribution in [0.25, 0.3) is 11.1 Å². The Bertz CT molecular complexity index is 624. The summed E-state index contributed by atoms with van der Waals surface area (Å²) < 4.78 is 2.04. The topological polar surface area (TPSA) is 67.4 Å². The third kappa shape index (κ3) is 1.88. The number of rotatable bonds is 2. The highest BCUT2D eigenvalue weighted by atomic mass is 15.2. The van der Waals surface area contributed by atoms with Crippen molar-refractivity contribution < 1.29 is 0 Å². The molecule has 0 fully saturated rings. The van der Waals surface area contributed by atoms with Crippen molar-refractivity contribution in [1.82, 2.24) is 4.57 Å². The molecular weight excluding hydrogens is 238 g/mol. The van der Waals surface area contributed by atoms with Crippen molar-refractivity contribution in [2.75, 3.05) is 17.7 Å². The van der Waals surface area contributed by atoms with Gasteiger partial charge in [-0.2, -0.15) is 0 Å². The molecule has 0 radical (unpaired) electrons. The zero-order valence-electron chi connectivity index (χ0n) is 11.0. The van der Waals surface area contributed by atoms with Gasteiger partial charge in [0.15, 0.2) is 0 Å². The Labute approximate surface area is 112 Å². The van der Waals surface area contributed by atoms with Gasteiger partial charge in [-0.25, -0.2) is 0 Å². The maximum absolute atomic E-state index is 6.09. The summed E-state index contributed by atoms with van der Waals surface area (Å²) in [6.07, 6.45) is 3.43. The third-order valence-electron chi connectivity index (χ3n) is 3.44. The number of anilines is 2. The van der Waals surface area contributed by atoms with Gasteiger partial charge in [-0.05, 0) is 17.7 Å². The van der Waals surface area contributed by atoms with Gasteiger partial charge in [0.2, 0.25) is 0 Å². The molecule has 1 aliphatic rings. The Hall–Kier alpha value is -2.27. The highest BCUT2D eigenvalue weighted by Crippen LogP contribution is 2.36. The first-order valence-corrected chi connectivity index (χ1v) is 6.22. The molecule has 1 atom stereocenters. The van der Waals surface area contributed by atoms with Gasteiger partial charge in [0.1, 0.15) is 12.0 Å². The standard InChI is InChI=1S/C14H17N5/c1-16-10-5-3-9(4-6-10)11-7-19(2)14-12(11)13(15)17-8-18-14/h3-8,13,16H,15H2,1-2H3,(H,17,18). The van der Waals surface area contributed by atoms with E-state index in [2.05, 4.69) is 46.1 Å². The summed E-state index contributed by atoms with van der Waals surface area (Å²) in [6.45, 7) is 0. The molecule has 4 N–H and O–H groups in total. The van der Waals surface area contributed by atoms with Crippen LogP contribution in [-0.4, -0.2) is 18.0 Å². The number of nitrogens with one attached hydrogen (secondary N) is 2. The molecule has 1 aliphatic heterocycles. The average Bonchev–Trinajstić information content (AvgIpc) is 2.78. The van der Waals surface area contributed by atoms with Crippen LogP contribution in [-0.2, 0) is 7.05 Å². The van der Waals surface area contributed by atoms with Crippen molar-refractivity contribution in [2.45, 2.75) is 6.17 Å². The van der Waals surface area contributed by atoms with E-state index in [4.69, 9.17) is 5.73 Å². The fourth-order valence-corrected chi connectivity index (χ4v) is 2.42. The number of aliphatic imine (C=N–C) groups is 1. The fourth-order valence-electron chi connectivity index (χ4n) is 2.42. The minimum Gasteiger partial charge on any atom is -0.388 e. The van der Waals surface area contributed by atoms with E-state index in [1.54, 1.807) is 6.34 Å². The minimum atomic E-state index is -0.309. The number of aromatic nitrogens is 1. The number of benzene rings is 1. The van der Waals surface area contributed by atoms with E-state index in [-0.39, 0.29) is 6.17 Å². The third-order valence-corrected chi connectivity index (χ3v) is 3.44. The van der Waals surface area contributed by atoms with Gasteiger partial charge in [0.05, 0.1) is 6.34 Å². The smallest absolute Gasteiger partial charge is 0.128 e. The second-order valence-corrected chi connectivity index (χ2v) is 4.61. The van der Waals surface area contributed by atoms with Crippen LogP contribution in [0.5, 0.6) is 0 Å². The van der Waals surface area contributed by atoms with Crippen molar-refractivity contribution in [3.8, 4) is 11.1 Å². The fraction of sp³-hybridized carbons (Fsp3) is 0.214. The normalized spacial score (nSPS) is 16.9. The number of nitrogens with zero attached hydrogens (tertiary/aromatic N) is 2. The molecular formula is C14H17N5. The Morgan fingerprint density at radius 1 is 1.32 bits per heavy atom. The Balaban J connectivity index is 2.10. The molecule has 0 saturated carbocycles. The maximum atomic E-state index is 6.09. The van der Waals surface area contributed by atoms with Gasteiger partial charge in [0, 0.05) is 37.1 Å². The van der Waals surface area contributed by atoms with E-state index >= 15 is 0 Å². The highest BCUT2D eigenvalue weighted by molar-refractivity contribution is 5.85. The van der Waals surface area contributed by atoms with E-state index in [1.165, 1.54) is 0 Å². The monoisotopic (exact) mass is 255 g/mol. The van der Waals surface area contributed by atoms with Crippen LogP contribution < -0.4 is 16.4 Å². The molecule has 2 heterocycles. The quantitative estimate of drug-likeness (QED) is 0.770. The first-order chi connectivity index (χ1) is 9.20. The maximum Gasteiger partial charge on any atom is 0.128 e. The summed E-state index contributed by atoms with van der Waals surface area (Å²) >= 11 is 0. The average molecular weight is 255 g/mol. The largest absolute Gasteiger partial charge is 0.388 e. The lowest BCUT2D eigenvalue weighted by molar-refractivity contribution is 0.770. The summed E-state index contributed by atoms with van der Waals surface area (Å²) in [5, 5.41) is 6.27. The van der Waals surface area contributed by atoms with Gasteiger partial charge < -0.3 is 20.9 Å². The van der Waals surface area contributed by atoms with Crippen LogP contribution in [0, 0.1) is 0 Å². The second-order valence-electron chi connectivity index (χ2n) is 4.61. The summed E-state index contributed by atoms with van der Waals surface area (Å²) in [5.74, 6) is 1.01. The molecule has 19 heavy (non-hydrogen) atoms.